The Morgan fingerprint density at radius 2 is 2.17 bits per heavy atom. The summed E-state index contributed by atoms with van der Waals surface area (Å²) in [6.45, 7) is 0. The SMILES string of the molecule is COc1cc(C(O)CC2CCSCC2)ccc1Cl. The molecule has 0 aromatic heterocycles. The minimum Gasteiger partial charge on any atom is -0.495 e. The quantitative estimate of drug-likeness (QED) is 0.910. The highest BCUT2D eigenvalue weighted by atomic mass is 35.5. The van der Waals surface area contributed by atoms with Crippen molar-refractivity contribution >= 4 is 23.4 Å². The lowest BCUT2D eigenvalue weighted by molar-refractivity contribution is 0.141. The summed E-state index contributed by atoms with van der Waals surface area (Å²) < 4.78 is 5.18. The summed E-state index contributed by atoms with van der Waals surface area (Å²) in [5.74, 6) is 3.72. The van der Waals surface area contributed by atoms with E-state index >= 15 is 0 Å². The van der Waals surface area contributed by atoms with Crippen LogP contribution in [0.5, 0.6) is 5.75 Å². The number of hydrogen-bond donors (Lipinski definition) is 1. The van der Waals surface area contributed by atoms with E-state index in [1.165, 1.54) is 24.3 Å². The molecular formula is C14H19ClO2S. The second-order valence-corrected chi connectivity index (χ2v) is 6.33. The highest BCUT2D eigenvalue weighted by Gasteiger charge is 2.19. The molecule has 18 heavy (non-hydrogen) atoms. The largest absolute Gasteiger partial charge is 0.495 e. The average Bonchev–Trinajstić information content (AvgIpc) is 2.40. The topological polar surface area (TPSA) is 29.5 Å². The molecule has 0 bridgehead atoms. The molecule has 0 spiro atoms. The molecule has 100 valence electrons. The fraction of sp³-hybridized carbons (Fsp3) is 0.571. The zero-order valence-electron chi connectivity index (χ0n) is 10.6. The van der Waals surface area contributed by atoms with Crippen LogP contribution < -0.4 is 4.74 Å². The number of benzene rings is 1. The minimum absolute atomic E-state index is 0.413. The molecule has 1 fully saturated rings. The van der Waals surface area contributed by atoms with E-state index in [2.05, 4.69) is 0 Å². The Morgan fingerprint density at radius 1 is 1.44 bits per heavy atom. The van der Waals surface area contributed by atoms with Crippen molar-refractivity contribution in [3.63, 3.8) is 0 Å². The second-order valence-electron chi connectivity index (χ2n) is 4.70. The number of rotatable bonds is 4. The first kappa shape index (κ1) is 14.0. The molecule has 0 aliphatic carbocycles. The predicted molar refractivity (Wildman–Crippen MR) is 77.6 cm³/mol. The number of thioether (sulfide) groups is 1. The normalized spacial score (nSPS) is 18.6. The highest BCUT2D eigenvalue weighted by molar-refractivity contribution is 7.99. The Morgan fingerprint density at radius 3 is 2.83 bits per heavy atom. The highest BCUT2D eigenvalue weighted by Crippen LogP contribution is 2.33. The average molecular weight is 287 g/mol. The van der Waals surface area contributed by atoms with Gasteiger partial charge in [-0.2, -0.15) is 11.8 Å². The fourth-order valence-corrected chi connectivity index (χ4v) is 3.72. The van der Waals surface area contributed by atoms with E-state index in [9.17, 15) is 5.11 Å². The van der Waals surface area contributed by atoms with Gasteiger partial charge < -0.3 is 9.84 Å². The van der Waals surface area contributed by atoms with Crippen molar-refractivity contribution in [3.8, 4) is 5.75 Å². The van der Waals surface area contributed by atoms with Gasteiger partial charge in [-0.05, 0) is 54.4 Å². The van der Waals surface area contributed by atoms with E-state index in [0.717, 1.165) is 12.0 Å². The molecule has 2 rings (SSSR count). The molecule has 1 heterocycles. The number of aliphatic hydroxyl groups is 1. The van der Waals surface area contributed by atoms with Crippen LogP contribution in [0.15, 0.2) is 18.2 Å². The van der Waals surface area contributed by atoms with Crippen LogP contribution in [-0.2, 0) is 0 Å². The Bertz CT molecular complexity index is 391. The van der Waals surface area contributed by atoms with Gasteiger partial charge in [-0.25, -0.2) is 0 Å². The lowest BCUT2D eigenvalue weighted by atomic mass is 9.92. The zero-order chi connectivity index (χ0) is 13.0. The van der Waals surface area contributed by atoms with E-state index in [0.29, 0.717) is 16.7 Å². The van der Waals surface area contributed by atoms with Crippen LogP contribution in [0.2, 0.25) is 5.02 Å². The maximum Gasteiger partial charge on any atom is 0.137 e. The van der Waals surface area contributed by atoms with Crippen LogP contribution in [-0.4, -0.2) is 23.7 Å². The van der Waals surface area contributed by atoms with Crippen molar-refractivity contribution < 1.29 is 9.84 Å². The molecule has 0 amide bonds. The third-order valence-electron chi connectivity index (χ3n) is 3.46. The number of methoxy groups -OCH3 is 1. The fourth-order valence-electron chi connectivity index (χ4n) is 2.32. The van der Waals surface area contributed by atoms with Gasteiger partial charge in [0.15, 0.2) is 0 Å². The molecule has 1 aromatic rings. The zero-order valence-corrected chi connectivity index (χ0v) is 12.1. The van der Waals surface area contributed by atoms with Crippen LogP contribution in [0.25, 0.3) is 0 Å². The molecule has 1 N–H and O–H groups in total. The molecule has 0 saturated carbocycles. The number of ether oxygens (including phenoxy) is 1. The van der Waals surface area contributed by atoms with E-state index in [4.69, 9.17) is 16.3 Å². The van der Waals surface area contributed by atoms with Crippen LogP contribution in [0.3, 0.4) is 0 Å². The first-order valence-electron chi connectivity index (χ1n) is 6.30. The van der Waals surface area contributed by atoms with E-state index in [-0.39, 0.29) is 0 Å². The second kappa shape index (κ2) is 6.69. The van der Waals surface area contributed by atoms with Gasteiger partial charge in [0.1, 0.15) is 5.75 Å². The van der Waals surface area contributed by atoms with Crippen molar-refractivity contribution in [2.45, 2.75) is 25.4 Å². The molecule has 1 unspecified atom stereocenters. The van der Waals surface area contributed by atoms with Crippen LogP contribution >= 0.6 is 23.4 Å². The lowest BCUT2D eigenvalue weighted by Gasteiger charge is -2.24. The van der Waals surface area contributed by atoms with Gasteiger partial charge in [0, 0.05) is 0 Å². The van der Waals surface area contributed by atoms with E-state index < -0.39 is 6.10 Å². The summed E-state index contributed by atoms with van der Waals surface area (Å²) in [5.41, 5.74) is 0.898. The van der Waals surface area contributed by atoms with Gasteiger partial charge in [0.2, 0.25) is 0 Å². The predicted octanol–water partition coefficient (Wildman–Crippen LogP) is 3.92. The summed E-state index contributed by atoms with van der Waals surface area (Å²) in [6, 6.07) is 5.51. The lowest BCUT2D eigenvalue weighted by Crippen LogP contribution is -2.13. The standard InChI is InChI=1S/C14H19ClO2S/c1-17-14-9-11(2-3-12(14)15)13(16)8-10-4-6-18-7-5-10/h2-3,9-10,13,16H,4-8H2,1H3. The number of hydrogen-bond acceptors (Lipinski definition) is 3. The first-order valence-corrected chi connectivity index (χ1v) is 7.83. The summed E-state index contributed by atoms with van der Waals surface area (Å²) in [6.07, 6.45) is 2.86. The summed E-state index contributed by atoms with van der Waals surface area (Å²) in [5, 5.41) is 10.9. The third-order valence-corrected chi connectivity index (χ3v) is 4.82. The van der Waals surface area contributed by atoms with Crippen LogP contribution in [0.4, 0.5) is 0 Å². The first-order chi connectivity index (χ1) is 8.70. The Kier molecular flexibility index (Phi) is 5.22. The molecule has 1 aliphatic heterocycles. The van der Waals surface area contributed by atoms with Crippen molar-refractivity contribution in [2.75, 3.05) is 18.6 Å². The summed E-state index contributed by atoms with van der Waals surface area (Å²) in [4.78, 5) is 0. The monoisotopic (exact) mass is 286 g/mol. The Hall–Kier alpha value is -0.380. The van der Waals surface area contributed by atoms with Gasteiger partial charge in [-0.3, -0.25) is 0 Å². The number of halogens is 1. The van der Waals surface area contributed by atoms with Crippen molar-refractivity contribution in [1.82, 2.24) is 0 Å². The molecule has 1 aromatic carbocycles. The van der Waals surface area contributed by atoms with Gasteiger partial charge in [0.25, 0.3) is 0 Å². The smallest absolute Gasteiger partial charge is 0.137 e. The third kappa shape index (κ3) is 3.56. The maximum absolute atomic E-state index is 10.3. The van der Waals surface area contributed by atoms with Crippen molar-refractivity contribution in [3.05, 3.63) is 28.8 Å². The van der Waals surface area contributed by atoms with Gasteiger partial charge in [0.05, 0.1) is 18.2 Å². The minimum atomic E-state index is -0.413. The van der Waals surface area contributed by atoms with E-state index in [1.807, 2.05) is 23.9 Å². The molecule has 1 atom stereocenters. The van der Waals surface area contributed by atoms with Crippen LogP contribution in [0.1, 0.15) is 30.9 Å². The Balaban J connectivity index is 2.01. The molecular weight excluding hydrogens is 268 g/mol. The van der Waals surface area contributed by atoms with Gasteiger partial charge in [-0.15, -0.1) is 0 Å². The van der Waals surface area contributed by atoms with Gasteiger partial charge >= 0.3 is 0 Å². The van der Waals surface area contributed by atoms with E-state index in [1.54, 1.807) is 13.2 Å². The summed E-state index contributed by atoms with van der Waals surface area (Å²) >= 11 is 7.99. The molecule has 4 heteroatoms. The van der Waals surface area contributed by atoms with Crippen molar-refractivity contribution in [2.24, 2.45) is 5.92 Å². The molecule has 1 aliphatic rings. The maximum atomic E-state index is 10.3. The van der Waals surface area contributed by atoms with Crippen molar-refractivity contribution in [1.29, 1.82) is 0 Å². The van der Waals surface area contributed by atoms with Crippen LogP contribution in [0, 0.1) is 5.92 Å². The molecule has 0 radical (unpaired) electrons. The Labute approximate surface area is 118 Å². The van der Waals surface area contributed by atoms with Gasteiger partial charge in [-0.1, -0.05) is 17.7 Å². The molecule has 2 nitrogen and oxygen atoms in total. The summed E-state index contributed by atoms with van der Waals surface area (Å²) in [7, 11) is 1.59. The molecule has 1 saturated heterocycles. The number of aliphatic hydroxyl groups excluding tert-OH is 1.